The topological polar surface area (TPSA) is 64.6 Å². The number of piperidine rings is 2. The molecule has 2 bridgehead atoms. The summed E-state index contributed by atoms with van der Waals surface area (Å²) in [6, 6.07) is 6.81. The van der Waals surface area contributed by atoms with Gasteiger partial charge in [-0.3, -0.25) is 9.88 Å². The van der Waals surface area contributed by atoms with E-state index in [1.165, 1.54) is 0 Å². The SMILES string of the molecule is CC1CCN2C[C@H]1N(C(=O)Nc1cccnc1)c1nc(N3CCCC(C(F)(F)F)C3)ccc12. The van der Waals surface area contributed by atoms with E-state index in [1.807, 2.05) is 6.07 Å². The molecule has 0 aliphatic carbocycles. The van der Waals surface area contributed by atoms with Gasteiger partial charge in [0, 0.05) is 32.4 Å². The van der Waals surface area contributed by atoms with Gasteiger partial charge in [-0.2, -0.15) is 13.2 Å². The number of nitrogens with zero attached hydrogens (tertiary/aromatic N) is 5. The van der Waals surface area contributed by atoms with Gasteiger partial charge in [0.1, 0.15) is 5.82 Å². The number of amides is 2. The molecule has 2 amide bonds. The van der Waals surface area contributed by atoms with Gasteiger partial charge in [-0.15, -0.1) is 0 Å². The molecular weight excluding hydrogens is 433 g/mol. The van der Waals surface area contributed by atoms with Crippen LogP contribution in [0.3, 0.4) is 0 Å². The highest BCUT2D eigenvalue weighted by Crippen LogP contribution is 2.42. The molecule has 0 radical (unpaired) electrons. The first-order valence-corrected chi connectivity index (χ1v) is 11.4. The van der Waals surface area contributed by atoms with Crippen LogP contribution in [0.25, 0.3) is 0 Å². The maximum absolute atomic E-state index is 13.4. The number of carbonyl (C=O) groups is 1. The van der Waals surface area contributed by atoms with Crippen LogP contribution in [0.4, 0.5) is 41.0 Å². The van der Waals surface area contributed by atoms with Crippen LogP contribution >= 0.6 is 0 Å². The summed E-state index contributed by atoms with van der Waals surface area (Å²) >= 11 is 0. The molecule has 2 aromatic rings. The van der Waals surface area contributed by atoms with Crippen molar-refractivity contribution < 1.29 is 18.0 Å². The van der Waals surface area contributed by atoms with Crippen molar-refractivity contribution in [3.05, 3.63) is 36.7 Å². The second-order valence-corrected chi connectivity index (χ2v) is 9.16. The summed E-state index contributed by atoms with van der Waals surface area (Å²) in [6.45, 7) is 4.10. The average Bonchev–Trinajstić information content (AvgIpc) is 2.81. The quantitative estimate of drug-likeness (QED) is 0.714. The first-order valence-electron chi connectivity index (χ1n) is 11.4. The highest BCUT2D eigenvalue weighted by Gasteiger charge is 2.44. The van der Waals surface area contributed by atoms with Crippen molar-refractivity contribution in [3.63, 3.8) is 0 Å². The third-order valence-electron chi connectivity index (χ3n) is 7.00. The van der Waals surface area contributed by atoms with E-state index in [2.05, 4.69) is 22.1 Å². The number of nitrogens with one attached hydrogen (secondary N) is 1. The molecule has 3 aliphatic heterocycles. The van der Waals surface area contributed by atoms with Crippen LogP contribution in [0.5, 0.6) is 0 Å². The predicted molar refractivity (Wildman–Crippen MR) is 121 cm³/mol. The van der Waals surface area contributed by atoms with Crippen molar-refractivity contribution in [3.8, 4) is 0 Å². The van der Waals surface area contributed by atoms with E-state index >= 15 is 0 Å². The van der Waals surface area contributed by atoms with E-state index in [0.29, 0.717) is 36.8 Å². The summed E-state index contributed by atoms with van der Waals surface area (Å²) < 4.78 is 40.1. The van der Waals surface area contributed by atoms with Gasteiger partial charge in [0.2, 0.25) is 0 Å². The normalized spacial score (nSPS) is 25.0. The van der Waals surface area contributed by atoms with Gasteiger partial charge in [-0.1, -0.05) is 6.92 Å². The van der Waals surface area contributed by atoms with Crippen molar-refractivity contribution in [1.29, 1.82) is 0 Å². The lowest BCUT2D eigenvalue weighted by Crippen LogP contribution is -2.59. The van der Waals surface area contributed by atoms with Gasteiger partial charge >= 0.3 is 12.2 Å². The average molecular weight is 461 g/mol. The smallest absolute Gasteiger partial charge is 0.366 e. The first kappa shape index (κ1) is 21.8. The van der Waals surface area contributed by atoms with Gasteiger partial charge < -0.3 is 15.1 Å². The van der Waals surface area contributed by atoms with Crippen LogP contribution in [0.15, 0.2) is 36.7 Å². The minimum atomic E-state index is -4.22. The van der Waals surface area contributed by atoms with Crippen LogP contribution in [-0.4, -0.2) is 54.4 Å². The zero-order chi connectivity index (χ0) is 23.2. The van der Waals surface area contributed by atoms with Crippen molar-refractivity contribution in [1.82, 2.24) is 9.97 Å². The molecule has 2 aromatic heterocycles. The van der Waals surface area contributed by atoms with Crippen LogP contribution in [0.1, 0.15) is 26.2 Å². The van der Waals surface area contributed by atoms with Gasteiger partial charge in [0.15, 0.2) is 5.82 Å². The molecule has 0 spiro atoms. The van der Waals surface area contributed by atoms with Gasteiger partial charge in [0.25, 0.3) is 0 Å². The molecule has 1 N–H and O–H groups in total. The minimum absolute atomic E-state index is 0.0741. The molecule has 2 fully saturated rings. The minimum Gasteiger partial charge on any atom is -0.366 e. The van der Waals surface area contributed by atoms with Crippen LogP contribution in [-0.2, 0) is 0 Å². The Hall–Kier alpha value is -3.04. The van der Waals surface area contributed by atoms with Crippen LogP contribution in [0.2, 0.25) is 0 Å². The molecule has 5 heterocycles. The number of urea groups is 1. The van der Waals surface area contributed by atoms with E-state index in [9.17, 15) is 18.0 Å². The Morgan fingerprint density at radius 3 is 2.73 bits per heavy atom. The Bertz CT molecular complexity index is 1020. The first-order chi connectivity index (χ1) is 15.8. The number of alkyl halides is 3. The lowest BCUT2D eigenvalue weighted by Gasteiger charge is -2.49. The van der Waals surface area contributed by atoms with E-state index in [1.54, 1.807) is 40.4 Å². The fourth-order valence-electron chi connectivity index (χ4n) is 5.11. The Morgan fingerprint density at radius 2 is 1.97 bits per heavy atom. The van der Waals surface area contributed by atoms with Crippen molar-refractivity contribution in [2.75, 3.05) is 46.2 Å². The molecule has 2 unspecified atom stereocenters. The number of aromatic nitrogens is 2. The van der Waals surface area contributed by atoms with Gasteiger partial charge in [0.05, 0.1) is 29.5 Å². The van der Waals surface area contributed by atoms with Crippen LogP contribution < -0.4 is 20.0 Å². The zero-order valence-electron chi connectivity index (χ0n) is 18.4. The number of pyridine rings is 2. The summed E-state index contributed by atoms with van der Waals surface area (Å²) in [5, 5.41) is 2.91. The summed E-state index contributed by atoms with van der Waals surface area (Å²) in [5.74, 6) is -0.108. The third kappa shape index (κ3) is 4.18. The van der Waals surface area contributed by atoms with Crippen LogP contribution in [0, 0.1) is 11.8 Å². The number of halogens is 3. The fraction of sp³-hybridized carbons (Fsp3) is 0.522. The summed E-state index contributed by atoms with van der Waals surface area (Å²) in [4.78, 5) is 27.9. The van der Waals surface area contributed by atoms with E-state index < -0.39 is 12.1 Å². The Morgan fingerprint density at radius 1 is 1.12 bits per heavy atom. The predicted octanol–water partition coefficient (Wildman–Crippen LogP) is 4.52. The number of fused-ring (bicyclic) bond motifs is 4. The van der Waals surface area contributed by atoms with Gasteiger partial charge in [-0.25, -0.2) is 9.78 Å². The third-order valence-corrected chi connectivity index (χ3v) is 7.00. The number of carbonyl (C=O) groups excluding carboxylic acids is 1. The van der Waals surface area contributed by atoms with E-state index in [-0.39, 0.29) is 31.0 Å². The highest BCUT2D eigenvalue weighted by molar-refractivity contribution is 6.04. The molecule has 0 aromatic carbocycles. The second-order valence-electron chi connectivity index (χ2n) is 9.16. The molecule has 5 rings (SSSR count). The number of anilines is 4. The Labute approximate surface area is 190 Å². The number of hydrogen-bond acceptors (Lipinski definition) is 5. The molecule has 10 heteroatoms. The van der Waals surface area contributed by atoms with Crippen molar-refractivity contribution in [2.24, 2.45) is 11.8 Å². The number of hydrogen-bond donors (Lipinski definition) is 1. The zero-order valence-corrected chi connectivity index (χ0v) is 18.4. The fourth-order valence-corrected chi connectivity index (χ4v) is 5.11. The molecule has 176 valence electrons. The number of rotatable bonds is 2. The van der Waals surface area contributed by atoms with E-state index in [4.69, 9.17) is 4.98 Å². The molecule has 7 nitrogen and oxygen atoms in total. The Balaban J connectivity index is 1.49. The van der Waals surface area contributed by atoms with Crippen molar-refractivity contribution in [2.45, 2.75) is 38.4 Å². The summed E-state index contributed by atoms with van der Waals surface area (Å²) in [5.41, 5.74) is 1.42. The molecule has 3 atom stereocenters. The van der Waals surface area contributed by atoms with Crippen molar-refractivity contribution >= 4 is 29.0 Å². The molecule has 3 aliphatic rings. The molecule has 0 saturated carbocycles. The van der Waals surface area contributed by atoms with Gasteiger partial charge in [-0.05, 0) is 49.4 Å². The second kappa shape index (κ2) is 8.39. The Kier molecular flexibility index (Phi) is 5.54. The lowest BCUT2D eigenvalue weighted by atomic mass is 9.89. The standard InChI is InChI=1S/C23H27F3N6O/c1-15-8-11-30-14-19(15)32(22(33)28-17-5-2-9-27-12-17)21-18(30)6-7-20(29-21)31-10-3-4-16(13-31)23(24,25)26/h2,5-7,9,12,15-16,19H,3-4,8,10-11,13-14H2,1H3,(H,28,33)/t15?,16?,19-/m1/s1. The summed E-state index contributed by atoms with van der Waals surface area (Å²) in [6.07, 6.45) is 0.530. The summed E-state index contributed by atoms with van der Waals surface area (Å²) in [7, 11) is 0. The maximum Gasteiger partial charge on any atom is 0.393 e. The largest absolute Gasteiger partial charge is 0.393 e. The molecular formula is C23H27F3N6O. The molecule has 33 heavy (non-hydrogen) atoms. The maximum atomic E-state index is 13.4. The molecule has 2 saturated heterocycles. The lowest BCUT2D eigenvalue weighted by molar-refractivity contribution is -0.176. The highest BCUT2D eigenvalue weighted by atomic mass is 19.4. The monoisotopic (exact) mass is 460 g/mol. The van der Waals surface area contributed by atoms with E-state index in [0.717, 1.165) is 18.7 Å².